The Morgan fingerprint density at radius 3 is 1.26 bits per heavy atom. The molecule has 0 unspecified atom stereocenters. The van der Waals surface area contributed by atoms with Crippen LogP contribution in [0.5, 0.6) is 0 Å². The van der Waals surface area contributed by atoms with E-state index >= 15 is 0 Å². The van der Waals surface area contributed by atoms with Gasteiger partial charge in [-0.1, -0.05) is 149 Å². The Morgan fingerprint density at radius 1 is 0.486 bits per heavy atom. The van der Waals surface area contributed by atoms with Crippen LogP contribution in [0.2, 0.25) is 0 Å². The van der Waals surface area contributed by atoms with Gasteiger partial charge in [0, 0.05) is 6.42 Å². The lowest BCUT2D eigenvalue weighted by atomic mass is 10.0. The summed E-state index contributed by atoms with van der Waals surface area (Å²) in [4.78, 5) is 0. The highest BCUT2D eigenvalue weighted by atomic mass is 15.1. The van der Waals surface area contributed by atoms with E-state index in [2.05, 4.69) is 42.3 Å². The molecule has 0 spiro atoms. The number of hydrogen-bond donors (Lipinski definition) is 0. The Hall–Kier alpha value is -0.790. The van der Waals surface area contributed by atoms with Gasteiger partial charge in [-0.05, 0) is 25.7 Å². The lowest BCUT2D eigenvalue weighted by Gasteiger charge is -2.05. The van der Waals surface area contributed by atoms with Crippen molar-refractivity contribution < 1.29 is 4.57 Å². The van der Waals surface area contributed by atoms with Crippen LogP contribution in [0.3, 0.4) is 0 Å². The van der Waals surface area contributed by atoms with Crippen LogP contribution < -0.4 is 4.57 Å². The van der Waals surface area contributed by atoms with E-state index in [0.717, 1.165) is 6.42 Å². The van der Waals surface area contributed by atoms with Gasteiger partial charge >= 0.3 is 0 Å². The van der Waals surface area contributed by atoms with Crippen molar-refractivity contribution >= 4 is 0 Å². The third kappa shape index (κ3) is 18.2. The molecule has 1 rings (SSSR count). The van der Waals surface area contributed by atoms with Crippen molar-refractivity contribution in [1.29, 1.82) is 0 Å². The quantitative estimate of drug-likeness (QED) is 0.0858. The smallest absolute Gasteiger partial charge is 0.234 e. The number of aryl methyl sites for hydroxylation is 2. The summed E-state index contributed by atoms with van der Waals surface area (Å²) in [6.45, 7) is 9.36. The molecular weight excluding hydrogens is 424 g/mol. The minimum atomic E-state index is 1.16. The van der Waals surface area contributed by atoms with E-state index in [-0.39, 0.29) is 0 Å². The Labute approximate surface area is 221 Å². The second kappa shape index (κ2) is 24.9. The molecule has 0 atom stereocenters. The van der Waals surface area contributed by atoms with Crippen molar-refractivity contribution in [2.45, 2.75) is 194 Å². The van der Waals surface area contributed by atoms with E-state index in [1.54, 1.807) is 0 Å². The zero-order valence-corrected chi connectivity index (χ0v) is 24.6. The van der Waals surface area contributed by atoms with Crippen molar-refractivity contribution in [3.05, 3.63) is 18.2 Å². The van der Waals surface area contributed by atoms with Crippen LogP contribution in [-0.2, 0) is 19.5 Å². The summed E-state index contributed by atoms with van der Waals surface area (Å²) in [6, 6.07) is 0. The van der Waals surface area contributed by atoms with Gasteiger partial charge in [-0.3, -0.25) is 0 Å². The van der Waals surface area contributed by atoms with Crippen molar-refractivity contribution in [1.82, 2.24) is 4.57 Å². The van der Waals surface area contributed by atoms with Crippen molar-refractivity contribution in [3.8, 4) is 0 Å². The zero-order valence-electron chi connectivity index (χ0n) is 24.6. The SMILES string of the molecule is CCCCCCCCCCCCCCCn1cc[n+](CCCCCCCCCCCCC)c1CC. The van der Waals surface area contributed by atoms with Gasteiger partial charge < -0.3 is 0 Å². The molecule has 206 valence electrons. The molecule has 35 heavy (non-hydrogen) atoms. The fourth-order valence-corrected chi connectivity index (χ4v) is 5.56. The maximum atomic E-state index is 2.54. The standard InChI is InChI=1S/C33H65N2/c1-4-7-9-11-13-15-17-18-20-22-24-26-28-30-35-32-31-34(33(35)6-3)29-27-25-23-21-19-16-14-12-10-8-5-2/h31-32H,4-30H2,1-3H3/q+1. The molecule has 0 amide bonds. The van der Waals surface area contributed by atoms with Crippen LogP contribution in [0.15, 0.2) is 12.4 Å². The number of hydrogen-bond acceptors (Lipinski definition) is 0. The van der Waals surface area contributed by atoms with E-state index < -0.39 is 0 Å². The van der Waals surface area contributed by atoms with E-state index in [9.17, 15) is 0 Å². The molecule has 0 aromatic carbocycles. The van der Waals surface area contributed by atoms with E-state index in [1.165, 1.54) is 173 Å². The highest BCUT2D eigenvalue weighted by molar-refractivity contribution is 4.83. The van der Waals surface area contributed by atoms with Crippen LogP contribution in [0.1, 0.15) is 181 Å². The average molecular weight is 490 g/mol. The lowest BCUT2D eigenvalue weighted by molar-refractivity contribution is -0.704. The second-order valence-electron chi connectivity index (χ2n) is 11.2. The van der Waals surface area contributed by atoms with Gasteiger partial charge in [0.15, 0.2) is 0 Å². The van der Waals surface area contributed by atoms with Crippen LogP contribution in [0, 0.1) is 0 Å². The monoisotopic (exact) mass is 490 g/mol. The molecule has 0 saturated heterocycles. The highest BCUT2D eigenvalue weighted by Crippen LogP contribution is 2.14. The Kier molecular flexibility index (Phi) is 22.9. The molecule has 2 nitrogen and oxygen atoms in total. The zero-order chi connectivity index (χ0) is 25.2. The van der Waals surface area contributed by atoms with Crippen LogP contribution in [0.4, 0.5) is 0 Å². The molecule has 0 fully saturated rings. The van der Waals surface area contributed by atoms with E-state index in [4.69, 9.17) is 0 Å². The van der Waals surface area contributed by atoms with Gasteiger partial charge in [0.2, 0.25) is 0 Å². The summed E-state index contributed by atoms with van der Waals surface area (Å²) in [5.74, 6) is 1.54. The van der Waals surface area contributed by atoms with Gasteiger partial charge in [0.1, 0.15) is 12.4 Å². The highest BCUT2D eigenvalue weighted by Gasteiger charge is 2.14. The molecule has 0 bridgehead atoms. The summed E-state index contributed by atoms with van der Waals surface area (Å²) in [6.07, 6.45) is 40.2. The van der Waals surface area contributed by atoms with Crippen molar-refractivity contribution in [2.75, 3.05) is 0 Å². The fourth-order valence-electron chi connectivity index (χ4n) is 5.56. The van der Waals surface area contributed by atoms with Gasteiger partial charge in [0.05, 0.1) is 13.1 Å². The molecule has 0 saturated carbocycles. The predicted octanol–water partition coefficient (Wildman–Crippen LogP) is 10.7. The Balaban J connectivity index is 1.99. The third-order valence-electron chi connectivity index (χ3n) is 7.91. The molecule has 0 aliphatic heterocycles. The fraction of sp³-hybridized carbons (Fsp3) is 0.909. The number of aromatic nitrogens is 2. The summed E-state index contributed by atoms with van der Waals surface area (Å²) >= 11 is 0. The van der Waals surface area contributed by atoms with Gasteiger partial charge in [-0.25, -0.2) is 9.13 Å². The van der Waals surface area contributed by atoms with E-state index in [1.807, 2.05) is 0 Å². The molecule has 1 aromatic heterocycles. The topological polar surface area (TPSA) is 8.81 Å². The minimum Gasteiger partial charge on any atom is -0.234 e. The molecule has 0 aliphatic rings. The normalized spacial score (nSPS) is 11.5. The molecule has 0 radical (unpaired) electrons. The van der Waals surface area contributed by atoms with Crippen molar-refractivity contribution in [2.24, 2.45) is 0 Å². The molecule has 1 aromatic rings. The lowest BCUT2D eigenvalue weighted by Crippen LogP contribution is -2.37. The predicted molar refractivity (Wildman–Crippen MR) is 156 cm³/mol. The first-order valence-electron chi connectivity index (χ1n) is 16.4. The third-order valence-corrected chi connectivity index (χ3v) is 7.91. The largest absolute Gasteiger partial charge is 0.256 e. The van der Waals surface area contributed by atoms with Crippen LogP contribution >= 0.6 is 0 Å². The first-order valence-corrected chi connectivity index (χ1v) is 16.4. The number of imidazole rings is 1. The molecule has 0 aliphatic carbocycles. The number of unbranched alkanes of at least 4 members (excludes halogenated alkanes) is 22. The van der Waals surface area contributed by atoms with Gasteiger partial charge in [-0.15, -0.1) is 0 Å². The first kappa shape index (κ1) is 32.2. The summed E-state index contributed by atoms with van der Waals surface area (Å²) in [5.41, 5.74) is 0. The molecule has 0 N–H and O–H groups in total. The van der Waals surface area contributed by atoms with E-state index in [0.29, 0.717) is 0 Å². The summed E-state index contributed by atoms with van der Waals surface area (Å²) < 4.78 is 5.08. The maximum Gasteiger partial charge on any atom is 0.256 e. The molecule has 2 heteroatoms. The summed E-state index contributed by atoms with van der Waals surface area (Å²) in [7, 11) is 0. The average Bonchev–Trinajstić information content (AvgIpc) is 3.26. The van der Waals surface area contributed by atoms with Gasteiger partial charge in [-0.2, -0.15) is 0 Å². The van der Waals surface area contributed by atoms with Gasteiger partial charge in [0.25, 0.3) is 5.82 Å². The molecular formula is C33H65N2+. The maximum absolute atomic E-state index is 2.54. The Morgan fingerprint density at radius 2 is 0.857 bits per heavy atom. The number of nitrogens with zero attached hydrogens (tertiary/aromatic N) is 2. The summed E-state index contributed by atoms with van der Waals surface area (Å²) in [5, 5.41) is 0. The van der Waals surface area contributed by atoms with Crippen LogP contribution in [0.25, 0.3) is 0 Å². The number of rotatable bonds is 27. The molecule has 1 heterocycles. The second-order valence-corrected chi connectivity index (χ2v) is 11.2. The van der Waals surface area contributed by atoms with Crippen molar-refractivity contribution in [3.63, 3.8) is 0 Å². The first-order chi connectivity index (χ1) is 17.3. The minimum absolute atomic E-state index is 1.16. The van der Waals surface area contributed by atoms with Crippen LogP contribution in [-0.4, -0.2) is 4.57 Å². The Bertz CT molecular complexity index is 547.